The van der Waals surface area contributed by atoms with E-state index in [0.717, 1.165) is 23.3 Å². The smallest absolute Gasteiger partial charge is 0.325 e. The van der Waals surface area contributed by atoms with Crippen LogP contribution in [0.25, 0.3) is 0 Å². The summed E-state index contributed by atoms with van der Waals surface area (Å²) in [4.78, 5) is 40.1. The summed E-state index contributed by atoms with van der Waals surface area (Å²) in [6.45, 7) is 1.90. The van der Waals surface area contributed by atoms with Gasteiger partial charge in [0.1, 0.15) is 12.1 Å². The molecule has 1 saturated carbocycles. The quantitative estimate of drug-likeness (QED) is 0.716. The van der Waals surface area contributed by atoms with E-state index in [2.05, 4.69) is 10.6 Å². The van der Waals surface area contributed by atoms with Crippen molar-refractivity contribution >= 4 is 17.8 Å². The van der Waals surface area contributed by atoms with Gasteiger partial charge in [0, 0.05) is 6.54 Å². The average Bonchev–Trinajstić information content (AvgIpc) is 3.42. The van der Waals surface area contributed by atoms with Gasteiger partial charge in [0.05, 0.1) is 6.04 Å². The van der Waals surface area contributed by atoms with Crippen LogP contribution in [0.15, 0.2) is 30.3 Å². The third-order valence-electron chi connectivity index (χ3n) is 5.30. The summed E-state index contributed by atoms with van der Waals surface area (Å²) < 4.78 is 0. The monoisotopic (exact) mass is 358 g/mol. The second-order valence-corrected chi connectivity index (χ2v) is 7.49. The molecular formula is C19H26N4O3. The molecule has 4 amide bonds. The fourth-order valence-corrected chi connectivity index (χ4v) is 3.48. The van der Waals surface area contributed by atoms with Crippen LogP contribution in [0, 0.1) is 5.92 Å². The van der Waals surface area contributed by atoms with Gasteiger partial charge in [-0.3, -0.25) is 14.5 Å². The third kappa shape index (κ3) is 3.58. The number of rotatable bonds is 7. The molecule has 1 aromatic rings. The molecule has 1 heterocycles. The zero-order valence-corrected chi connectivity index (χ0v) is 15.5. The fourth-order valence-electron chi connectivity index (χ4n) is 3.48. The molecule has 0 radical (unpaired) electrons. The lowest BCUT2D eigenvalue weighted by Gasteiger charge is -2.25. The van der Waals surface area contributed by atoms with Crippen LogP contribution in [-0.2, 0) is 9.59 Å². The van der Waals surface area contributed by atoms with Crippen molar-refractivity contribution in [1.29, 1.82) is 0 Å². The van der Waals surface area contributed by atoms with Gasteiger partial charge in [-0.1, -0.05) is 30.3 Å². The summed E-state index contributed by atoms with van der Waals surface area (Å²) in [5, 5.41) is 5.60. The molecule has 7 nitrogen and oxygen atoms in total. The van der Waals surface area contributed by atoms with Crippen molar-refractivity contribution < 1.29 is 14.4 Å². The number of carbonyl (C=O) groups is 3. The Morgan fingerprint density at radius 1 is 1.31 bits per heavy atom. The van der Waals surface area contributed by atoms with E-state index in [4.69, 9.17) is 0 Å². The Labute approximate surface area is 153 Å². The maximum Gasteiger partial charge on any atom is 0.325 e. The highest BCUT2D eigenvalue weighted by molar-refractivity contribution is 6.09. The average molecular weight is 358 g/mol. The lowest BCUT2D eigenvalue weighted by atomic mass is 9.96. The van der Waals surface area contributed by atoms with E-state index in [-0.39, 0.29) is 30.3 Å². The maximum absolute atomic E-state index is 12.6. The largest absolute Gasteiger partial charge is 0.353 e. The number of nitrogens with one attached hydrogen (secondary N) is 2. The van der Waals surface area contributed by atoms with Crippen LogP contribution in [0.3, 0.4) is 0 Å². The molecule has 2 aliphatic rings. The summed E-state index contributed by atoms with van der Waals surface area (Å²) in [5.74, 6) is -0.452. The highest BCUT2D eigenvalue weighted by Gasteiger charge is 2.56. The van der Waals surface area contributed by atoms with Gasteiger partial charge in [-0.2, -0.15) is 0 Å². The maximum atomic E-state index is 12.6. The number of likely N-dealkylation sites (N-methyl/N-ethyl adjacent to an activating group) is 1. The Kier molecular flexibility index (Phi) is 5.00. The van der Waals surface area contributed by atoms with Crippen molar-refractivity contribution in [3.05, 3.63) is 35.9 Å². The van der Waals surface area contributed by atoms with Gasteiger partial charge < -0.3 is 15.5 Å². The van der Waals surface area contributed by atoms with E-state index in [9.17, 15) is 14.4 Å². The second kappa shape index (κ2) is 7.07. The summed E-state index contributed by atoms with van der Waals surface area (Å²) in [6, 6.07) is 9.42. The van der Waals surface area contributed by atoms with E-state index in [1.165, 1.54) is 0 Å². The molecule has 1 aliphatic heterocycles. The molecule has 1 aromatic carbocycles. The standard InChI is InChI=1S/C19H26N4O3/c1-19(14-9-10-14)17(25)23(18(26)21-19)12-16(24)20-11-15(22(2)3)13-7-5-4-6-8-13/h4-8,14-15H,9-12H2,1-3H3,(H,20,24)(H,21,26). The SMILES string of the molecule is CN(C)C(CNC(=O)CN1C(=O)NC(C)(C2CC2)C1=O)c1ccccc1. The Morgan fingerprint density at radius 2 is 1.96 bits per heavy atom. The number of imide groups is 1. The lowest BCUT2D eigenvalue weighted by Crippen LogP contribution is -2.47. The summed E-state index contributed by atoms with van der Waals surface area (Å²) in [5.41, 5.74) is 0.238. The second-order valence-electron chi connectivity index (χ2n) is 7.49. The van der Waals surface area contributed by atoms with Crippen LogP contribution >= 0.6 is 0 Å². The van der Waals surface area contributed by atoms with Gasteiger partial charge in [0.2, 0.25) is 5.91 Å². The van der Waals surface area contributed by atoms with Crippen LogP contribution in [-0.4, -0.2) is 60.4 Å². The number of nitrogens with zero attached hydrogens (tertiary/aromatic N) is 2. The molecule has 3 rings (SSSR count). The van der Waals surface area contributed by atoms with Crippen molar-refractivity contribution in [3.63, 3.8) is 0 Å². The van der Waals surface area contributed by atoms with Gasteiger partial charge in [0.15, 0.2) is 0 Å². The van der Waals surface area contributed by atoms with E-state index in [1.807, 2.05) is 49.3 Å². The zero-order chi connectivity index (χ0) is 18.9. The summed E-state index contributed by atoms with van der Waals surface area (Å²) in [7, 11) is 3.89. The predicted molar refractivity (Wildman–Crippen MR) is 97.3 cm³/mol. The Balaban J connectivity index is 1.58. The normalized spacial score (nSPS) is 23.9. The molecule has 26 heavy (non-hydrogen) atoms. The molecule has 2 unspecified atom stereocenters. The molecular weight excluding hydrogens is 332 g/mol. The first-order valence-electron chi connectivity index (χ1n) is 8.95. The van der Waals surface area contributed by atoms with Crippen molar-refractivity contribution in [2.24, 2.45) is 5.92 Å². The molecule has 2 atom stereocenters. The van der Waals surface area contributed by atoms with Gasteiger partial charge in [-0.25, -0.2) is 4.79 Å². The van der Waals surface area contributed by atoms with Crippen molar-refractivity contribution in [2.45, 2.75) is 31.3 Å². The lowest BCUT2D eigenvalue weighted by molar-refractivity contribution is -0.135. The first-order valence-corrected chi connectivity index (χ1v) is 8.95. The predicted octanol–water partition coefficient (Wildman–Crippen LogP) is 1.13. The zero-order valence-electron chi connectivity index (χ0n) is 15.5. The van der Waals surface area contributed by atoms with Crippen molar-refractivity contribution in [2.75, 3.05) is 27.2 Å². The fraction of sp³-hybridized carbons (Fsp3) is 0.526. The van der Waals surface area contributed by atoms with E-state index in [0.29, 0.717) is 6.54 Å². The molecule has 140 valence electrons. The highest BCUT2D eigenvalue weighted by atomic mass is 16.2. The molecule has 0 spiro atoms. The number of carbonyl (C=O) groups excluding carboxylic acids is 3. The Morgan fingerprint density at radius 3 is 2.54 bits per heavy atom. The minimum atomic E-state index is -0.854. The molecule has 2 N–H and O–H groups in total. The Hall–Kier alpha value is -2.41. The molecule has 7 heteroatoms. The first-order chi connectivity index (χ1) is 12.3. The number of hydrogen-bond donors (Lipinski definition) is 2. The molecule has 1 aliphatic carbocycles. The first kappa shape index (κ1) is 18.4. The topological polar surface area (TPSA) is 81.8 Å². The van der Waals surface area contributed by atoms with Crippen LogP contribution in [0.2, 0.25) is 0 Å². The van der Waals surface area contributed by atoms with Crippen LogP contribution in [0.4, 0.5) is 4.79 Å². The number of benzene rings is 1. The van der Waals surface area contributed by atoms with Crippen LogP contribution in [0.5, 0.6) is 0 Å². The molecule has 0 bridgehead atoms. The third-order valence-corrected chi connectivity index (χ3v) is 5.30. The van der Waals surface area contributed by atoms with Gasteiger partial charge in [-0.05, 0) is 45.3 Å². The molecule has 1 saturated heterocycles. The van der Waals surface area contributed by atoms with E-state index in [1.54, 1.807) is 6.92 Å². The van der Waals surface area contributed by atoms with Crippen molar-refractivity contribution in [3.8, 4) is 0 Å². The number of hydrogen-bond acceptors (Lipinski definition) is 4. The van der Waals surface area contributed by atoms with Crippen molar-refractivity contribution in [1.82, 2.24) is 20.4 Å². The van der Waals surface area contributed by atoms with Gasteiger partial charge in [0.25, 0.3) is 5.91 Å². The van der Waals surface area contributed by atoms with E-state index < -0.39 is 11.6 Å². The Bertz CT molecular complexity index is 702. The highest BCUT2D eigenvalue weighted by Crippen LogP contribution is 2.42. The van der Waals surface area contributed by atoms with Gasteiger partial charge >= 0.3 is 6.03 Å². The minimum Gasteiger partial charge on any atom is -0.353 e. The summed E-state index contributed by atoms with van der Waals surface area (Å²) >= 11 is 0. The molecule has 2 fully saturated rings. The molecule has 0 aromatic heterocycles. The minimum absolute atomic E-state index is 0.0139. The number of urea groups is 1. The van der Waals surface area contributed by atoms with Gasteiger partial charge in [-0.15, -0.1) is 0 Å². The van der Waals surface area contributed by atoms with Crippen LogP contribution < -0.4 is 10.6 Å². The number of amides is 4. The van der Waals surface area contributed by atoms with E-state index >= 15 is 0 Å². The summed E-state index contributed by atoms with van der Waals surface area (Å²) in [6.07, 6.45) is 1.87. The van der Waals surface area contributed by atoms with Crippen LogP contribution in [0.1, 0.15) is 31.4 Å².